The van der Waals surface area contributed by atoms with E-state index in [9.17, 15) is 13.2 Å². The molecule has 0 aliphatic rings. The van der Waals surface area contributed by atoms with Gasteiger partial charge >= 0.3 is 0 Å². The van der Waals surface area contributed by atoms with E-state index in [0.717, 1.165) is 12.2 Å². The SMILES string of the molecule is C=CCNS(=O)(=O)c1cccc(C(=O)NCCN(CC)c2ccccc2C)c1. The van der Waals surface area contributed by atoms with Crippen molar-refractivity contribution in [1.29, 1.82) is 0 Å². The van der Waals surface area contributed by atoms with Crippen molar-refractivity contribution in [3.8, 4) is 0 Å². The summed E-state index contributed by atoms with van der Waals surface area (Å²) in [5.74, 6) is -0.304. The number of carbonyl (C=O) groups excluding carboxylic acids is 1. The van der Waals surface area contributed by atoms with Gasteiger partial charge in [-0.3, -0.25) is 4.79 Å². The van der Waals surface area contributed by atoms with E-state index < -0.39 is 10.0 Å². The number of rotatable bonds is 10. The van der Waals surface area contributed by atoms with Crippen molar-refractivity contribution in [3.05, 3.63) is 72.3 Å². The van der Waals surface area contributed by atoms with Gasteiger partial charge in [0.05, 0.1) is 4.90 Å². The van der Waals surface area contributed by atoms with Gasteiger partial charge in [0.2, 0.25) is 10.0 Å². The number of sulfonamides is 1. The van der Waals surface area contributed by atoms with E-state index in [1.165, 1.54) is 23.8 Å². The molecule has 2 aromatic rings. The van der Waals surface area contributed by atoms with Crippen LogP contribution in [0.15, 0.2) is 66.1 Å². The molecule has 2 N–H and O–H groups in total. The molecule has 0 unspecified atom stereocenters. The Morgan fingerprint density at radius 1 is 1.18 bits per heavy atom. The fourth-order valence-electron chi connectivity index (χ4n) is 2.83. The van der Waals surface area contributed by atoms with E-state index in [2.05, 4.69) is 47.5 Å². The summed E-state index contributed by atoms with van der Waals surface area (Å²) in [4.78, 5) is 14.7. The molecule has 0 saturated heterocycles. The Balaban J connectivity index is 2.00. The van der Waals surface area contributed by atoms with Crippen molar-refractivity contribution in [2.24, 2.45) is 0 Å². The molecule has 150 valence electrons. The highest BCUT2D eigenvalue weighted by Crippen LogP contribution is 2.18. The Labute approximate surface area is 167 Å². The van der Waals surface area contributed by atoms with Crippen LogP contribution in [-0.2, 0) is 10.0 Å². The largest absolute Gasteiger partial charge is 0.370 e. The van der Waals surface area contributed by atoms with Gasteiger partial charge in [-0.05, 0) is 43.7 Å². The van der Waals surface area contributed by atoms with Gasteiger partial charge in [-0.15, -0.1) is 6.58 Å². The van der Waals surface area contributed by atoms with Crippen LogP contribution in [0.4, 0.5) is 5.69 Å². The number of carbonyl (C=O) groups is 1. The Morgan fingerprint density at radius 2 is 1.93 bits per heavy atom. The van der Waals surface area contributed by atoms with Crippen LogP contribution < -0.4 is 14.9 Å². The number of nitrogens with one attached hydrogen (secondary N) is 2. The molecule has 1 amide bonds. The van der Waals surface area contributed by atoms with Crippen molar-refractivity contribution in [2.75, 3.05) is 31.1 Å². The van der Waals surface area contributed by atoms with Crippen molar-refractivity contribution >= 4 is 21.6 Å². The maximum Gasteiger partial charge on any atom is 0.251 e. The van der Waals surface area contributed by atoms with Crippen LogP contribution >= 0.6 is 0 Å². The monoisotopic (exact) mass is 401 g/mol. The van der Waals surface area contributed by atoms with Crippen LogP contribution in [0.5, 0.6) is 0 Å². The number of nitrogens with zero attached hydrogens (tertiary/aromatic N) is 1. The zero-order chi connectivity index (χ0) is 20.6. The Kier molecular flexibility index (Phi) is 7.78. The first-order chi connectivity index (χ1) is 13.4. The van der Waals surface area contributed by atoms with Gasteiger partial charge in [-0.2, -0.15) is 0 Å². The Bertz CT molecular complexity index is 926. The standard InChI is InChI=1S/C21H27N3O3S/c1-4-13-23-28(26,27)19-11-8-10-18(16-19)21(25)22-14-15-24(5-2)20-12-7-6-9-17(20)3/h4,6-12,16,23H,1,5,13-15H2,2-3H3,(H,22,25). The first-order valence-electron chi connectivity index (χ1n) is 9.18. The molecule has 0 fully saturated rings. The van der Waals surface area contributed by atoms with Crippen LogP contribution in [0.1, 0.15) is 22.8 Å². The summed E-state index contributed by atoms with van der Waals surface area (Å²) in [6, 6.07) is 14.1. The summed E-state index contributed by atoms with van der Waals surface area (Å²) in [5, 5.41) is 2.86. The van der Waals surface area contributed by atoms with E-state index in [4.69, 9.17) is 0 Å². The second kappa shape index (κ2) is 10.1. The van der Waals surface area contributed by atoms with Gasteiger partial charge in [0.1, 0.15) is 0 Å². The minimum Gasteiger partial charge on any atom is -0.370 e. The number of hydrogen-bond donors (Lipinski definition) is 2. The third-order valence-corrected chi connectivity index (χ3v) is 5.75. The van der Waals surface area contributed by atoms with E-state index in [-0.39, 0.29) is 17.3 Å². The molecule has 0 saturated carbocycles. The lowest BCUT2D eigenvalue weighted by atomic mass is 10.2. The lowest BCUT2D eigenvalue weighted by Crippen LogP contribution is -2.35. The highest BCUT2D eigenvalue weighted by Gasteiger charge is 2.15. The van der Waals surface area contributed by atoms with Crippen LogP contribution in [0.25, 0.3) is 0 Å². The molecular weight excluding hydrogens is 374 g/mol. The predicted octanol–water partition coefficient (Wildman–Crippen LogP) is 2.72. The molecule has 0 spiro atoms. The normalized spacial score (nSPS) is 11.1. The number of benzene rings is 2. The molecule has 6 nitrogen and oxygen atoms in total. The topological polar surface area (TPSA) is 78.5 Å². The zero-order valence-electron chi connectivity index (χ0n) is 16.3. The van der Waals surface area contributed by atoms with E-state index in [0.29, 0.717) is 18.7 Å². The Hall–Kier alpha value is -2.64. The van der Waals surface area contributed by atoms with Gasteiger partial charge in [0, 0.05) is 37.4 Å². The highest BCUT2D eigenvalue weighted by atomic mass is 32.2. The molecule has 0 bridgehead atoms. The number of anilines is 1. The molecule has 0 atom stereocenters. The van der Waals surface area contributed by atoms with Crippen molar-refractivity contribution in [1.82, 2.24) is 10.0 Å². The van der Waals surface area contributed by atoms with E-state index in [1.807, 2.05) is 12.1 Å². The average Bonchev–Trinajstić information content (AvgIpc) is 2.70. The first-order valence-corrected chi connectivity index (χ1v) is 10.7. The fraction of sp³-hybridized carbons (Fsp3) is 0.286. The average molecular weight is 402 g/mol. The van der Waals surface area contributed by atoms with Crippen LogP contribution in [-0.4, -0.2) is 40.5 Å². The van der Waals surface area contributed by atoms with Crippen molar-refractivity contribution in [3.63, 3.8) is 0 Å². The number of amides is 1. The van der Waals surface area contributed by atoms with Gasteiger partial charge in [0.15, 0.2) is 0 Å². The molecule has 2 rings (SSSR count). The lowest BCUT2D eigenvalue weighted by molar-refractivity contribution is 0.0954. The van der Waals surface area contributed by atoms with Gasteiger partial charge in [-0.1, -0.05) is 30.3 Å². The molecule has 0 heterocycles. The molecule has 0 aromatic heterocycles. The maximum absolute atomic E-state index is 12.5. The molecule has 7 heteroatoms. The summed E-state index contributed by atoms with van der Waals surface area (Å²) in [5.41, 5.74) is 2.63. The molecule has 0 radical (unpaired) electrons. The van der Waals surface area contributed by atoms with Gasteiger partial charge in [-0.25, -0.2) is 13.1 Å². The predicted molar refractivity (Wildman–Crippen MR) is 113 cm³/mol. The van der Waals surface area contributed by atoms with Crippen LogP contribution in [0.3, 0.4) is 0 Å². The molecule has 0 aliphatic heterocycles. The quantitative estimate of drug-likeness (QED) is 0.600. The van der Waals surface area contributed by atoms with Crippen LogP contribution in [0, 0.1) is 6.92 Å². The second-order valence-corrected chi connectivity index (χ2v) is 8.06. The minimum absolute atomic E-state index is 0.0529. The summed E-state index contributed by atoms with van der Waals surface area (Å²) >= 11 is 0. The van der Waals surface area contributed by atoms with Crippen LogP contribution in [0.2, 0.25) is 0 Å². The number of likely N-dealkylation sites (N-methyl/N-ethyl adjacent to an activating group) is 1. The third kappa shape index (κ3) is 5.68. The van der Waals surface area contributed by atoms with Gasteiger partial charge in [0.25, 0.3) is 5.91 Å². The van der Waals surface area contributed by atoms with Gasteiger partial charge < -0.3 is 10.2 Å². The Morgan fingerprint density at radius 3 is 2.61 bits per heavy atom. The summed E-state index contributed by atoms with van der Waals surface area (Å²) in [6.07, 6.45) is 1.46. The molecular formula is C21H27N3O3S. The lowest BCUT2D eigenvalue weighted by Gasteiger charge is -2.25. The zero-order valence-corrected chi connectivity index (χ0v) is 17.1. The second-order valence-electron chi connectivity index (χ2n) is 6.29. The first kappa shape index (κ1) is 21.7. The molecule has 2 aromatic carbocycles. The van der Waals surface area contributed by atoms with E-state index >= 15 is 0 Å². The summed E-state index contributed by atoms with van der Waals surface area (Å²) in [7, 11) is -3.67. The third-order valence-electron chi connectivity index (χ3n) is 4.33. The number of hydrogen-bond acceptors (Lipinski definition) is 4. The smallest absolute Gasteiger partial charge is 0.251 e. The number of para-hydroxylation sites is 1. The maximum atomic E-state index is 12.5. The number of aryl methyl sites for hydroxylation is 1. The van der Waals surface area contributed by atoms with E-state index in [1.54, 1.807) is 12.1 Å². The fourth-order valence-corrected chi connectivity index (χ4v) is 3.87. The minimum atomic E-state index is -3.67. The van der Waals surface area contributed by atoms with Crippen molar-refractivity contribution < 1.29 is 13.2 Å². The van der Waals surface area contributed by atoms with Crippen molar-refractivity contribution in [2.45, 2.75) is 18.7 Å². The molecule has 28 heavy (non-hydrogen) atoms. The summed E-state index contributed by atoms with van der Waals surface area (Å²) in [6.45, 7) is 9.68. The highest BCUT2D eigenvalue weighted by molar-refractivity contribution is 7.89. The summed E-state index contributed by atoms with van der Waals surface area (Å²) < 4.78 is 26.8. The molecule has 0 aliphatic carbocycles.